The summed E-state index contributed by atoms with van der Waals surface area (Å²) in [6, 6.07) is 0.719. The van der Waals surface area contributed by atoms with Gasteiger partial charge >= 0.3 is 16.2 Å². The van der Waals surface area contributed by atoms with Crippen LogP contribution in [0.1, 0.15) is 47.9 Å². The fourth-order valence-corrected chi connectivity index (χ4v) is 6.92. The summed E-state index contributed by atoms with van der Waals surface area (Å²) in [5, 5.41) is 22.3. The molecule has 0 radical (unpaired) electrons. The predicted octanol–water partition coefficient (Wildman–Crippen LogP) is 1.15. The molecule has 1 aromatic carbocycles. The van der Waals surface area contributed by atoms with Gasteiger partial charge in [0, 0.05) is 6.20 Å². The quantitative estimate of drug-likeness (QED) is 0.558. The van der Waals surface area contributed by atoms with Gasteiger partial charge in [0.1, 0.15) is 0 Å². The highest BCUT2D eigenvalue weighted by Crippen LogP contribution is 2.38. The van der Waals surface area contributed by atoms with E-state index in [1.54, 1.807) is 0 Å². The second-order valence-corrected chi connectivity index (χ2v) is 11.0. The van der Waals surface area contributed by atoms with Crippen LogP contribution in [-0.4, -0.2) is 55.7 Å². The maximum atomic E-state index is 13.5. The maximum absolute atomic E-state index is 13.5. The number of likely N-dealkylation sites (tertiary alicyclic amines) is 1. The molecule has 2 amide bonds. The Hall–Kier alpha value is -2.47. The SMILES string of the molecule is CN1CCC(N(c2cn[nH]c2)S(=O)(=O)[NH+]([O-])C(=O)Nc2c3c(cc4c2CCC4)CCC3)CC1. The largest absolute Gasteiger partial charge is 0.608 e. The van der Waals surface area contributed by atoms with E-state index in [0.29, 0.717) is 31.6 Å². The molecule has 10 nitrogen and oxygen atoms in total. The molecule has 1 atom stereocenters. The van der Waals surface area contributed by atoms with Crippen molar-refractivity contribution in [1.29, 1.82) is 0 Å². The molecule has 0 saturated carbocycles. The van der Waals surface area contributed by atoms with Gasteiger partial charge in [0.05, 0.1) is 23.6 Å². The molecular formula is C22H30N6O4S. The topological polar surface area (TPSA) is 126 Å². The van der Waals surface area contributed by atoms with E-state index in [0.717, 1.165) is 54.0 Å². The summed E-state index contributed by atoms with van der Waals surface area (Å²) in [4.78, 5) is 15.2. The zero-order valence-electron chi connectivity index (χ0n) is 18.8. The van der Waals surface area contributed by atoms with E-state index < -0.39 is 26.8 Å². The number of nitrogens with one attached hydrogen (secondary N) is 3. The van der Waals surface area contributed by atoms with E-state index in [2.05, 4.69) is 26.5 Å². The Morgan fingerprint density at radius 3 is 2.39 bits per heavy atom. The lowest BCUT2D eigenvalue weighted by Crippen LogP contribution is -3.14. The van der Waals surface area contributed by atoms with Gasteiger partial charge in [-0.1, -0.05) is 6.07 Å². The number of piperidine rings is 1. The first kappa shape index (κ1) is 22.3. The number of rotatable bonds is 5. The number of hydroxylamine groups is 1. The lowest BCUT2D eigenvalue weighted by atomic mass is 9.99. The number of aromatic nitrogens is 2. The minimum atomic E-state index is -4.58. The Kier molecular flexibility index (Phi) is 5.89. The van der Waals surface area contributed by atoms with Crippen molar-refractivity contribution in [3.63, 3.8) is 0 Å². The number of fused-ring (bicyclic) bond motifs is 2. The average Bonchev–Trinajstić information content (AvgIpc) is 3.56. The summed E-state index contributed by atoms with van der Waals surface area (Å²) in [5.74, 6) is 0. The zero-order chi connectivity index (χ0) is 23.2. The Morgan fingerprint density at radius 2 is 1.82 bits per heavy atom. The third kappa shape index (κ3) is 4.03. The second kappa shape index (κ2) is 8.71. The minimum absolute atomic E-state index is 0.271. The molecule has 178 valence electrons. The lowest BCUT2D eigenvalue weighted by Gasteiger charge is -2.37. The van der Waals surface area contributed by atoms with Crippen molar-refractivity contribution in [2.75, 3.05) is 29.8 Å². The number of nitrogens with zero attached hydrogens (tertiary/aromatic N) is 3. The maximum Gasteiger partial charge on any atom is 0.436 e. The Morgan fingerprint density at radius 1 is 1.18 bits per heavy atom. The van der Waals surface area contributed by atoms with E-state index in [1.165, 1.54) is 23.5 Å². The number of hydrogen-bond donors (Lipinski definition) is 3. The molecule has 1 saturated heterocycles. The van der Waals surface area contributed by atoms with E-state index in [4.69, 9.17) is 0 Å². The number of H-pyrrole nitrogens is 1. The molecule has 2 heterocycles. The minimum Gasteiger partial charge on any atom is -0.608 e. The summed E-state index contributed by atoms with van der Waals surface area (Å²) < 4.78 is 26.6. The molecule has 1 aromatic heterocycles. The van der Waals surface area contributed by atoms with Crippen LogP contribution < -0.4 is 14.1 Å². The highest BCUT2D eigenvalue weighted by Gasteiger charge is 2.40. The summed E-state index contributed by atoms with van der Waals surface area (Å²) in [6.45, 7) is 1.41. The molecule has 5 rings (SSSR count). The van der Waals surface area contributed by atoms with Crippen LogP contribution in [0.3, 0.4) is 0 Å². The number of carbonyl (C=O) groups is 1. The van der Waals surface area contributed by atoms with E-state index in [9.17, 15) is 18.4 Å². The molecule has 3 N–H and O–H groups in total. The first-order chi connectivity index (χ1) is 15.9. The van der Waals surface area contributed by atoms with Crippen molar-refractivity contribution < 1.29 is 17.7 Å². The number of hydrogen-bond acceptors (Lipinski definition) is 6. The standard InChI is InChI=1S/C22H30N6O4S/c1-26-10-8-17(9-11-26)27(18-13-23-24-14-18)33(31,32)28(30)22(29)25-21-19-6-2-4-15(19)12-16-5-3-7-20(16)21/h12-14,17,28H,2-11H2,1H3,(H,23,24)(H,25,29). The van der Waals surface area contributed by atoms with Gasteiger partial charge in [0.2, 0.25) is 0 Å². The normalized spacial score (nSPS) is 19.8. The number of anilines is 2. The number of aryl methyl sites for hydroxylation is 2. The molecule has 2 aromatic rings. The van der Waals surface area contributed by atoms with Crippen LogP contribution in [0, 0.1) is 5.21 Å². The van der Waals surface area contributed by atoms with Gasteiger partial charge in [-0.05, 0) is 93.8 Å². The van der Waals surface area contributed by atoms with Crippen molar-refractivity contribution in [2.45, 2.75) is 57.4 Å². The third-order valence-corrected chi connectivity index (χ3v) is 8.83. The van der Waals surface area contributed by atoms with Crippen LogP contribution >= 0.6 is 0 Å². The summed E-state index contributed by atoms with van der Waals surface area (Å²) in [6.07, 6.45) is 9.49. The molecule has 2 aliphatic carbocycles. The summed E-state index contributed by atoms with van der Waals surface area (Å²) >= 11 is 0. The van der Waals surface area contributed by atoms with Crippen molar-refractivity contribution in [3.05, 3.63) is 45.9 Å². The Balaban J connectivity index is 1.43. The first-order valence-corrected chi connectivity index (χ1v) is 13.0. The highest BCUT2D eigenvalue weighted by atomic mass is 32.2. The van der Waals surface area contributed by atoms with Crippen molar-refractivity contribution in [2.24, 2.45) is 0 Å². The molecule has 1 fully saturated rings. The van der Waals surface area contributed by atoms with Crippen LogP contribution in [0.5, 0.6) is 0 Å². The summed E-state index contributed by atoms with van der Waals surface area (Å²) in [5.41, 5.74) is 5.44. The van der Waals surface area contributed by atoms with Crippen molar-refractivity contribution in [3.8, 4) is 0 Å². The monoisotopic (exact) mass is 474 g/mol. The van der Waals surface area contributed by atoms with E-state index in [1.807, 2.05) is 7.05 Å². The highest BCUT2D eigenvalue weighted by molar-refractivity contribution is 7.86. The molecule has 0 bridgehead atoms. The number of urea groups is 1. The van der Waals surface area contributed by atoms with Crippen LogP contribution in [0.25, 0.3) is 0 Å². The molecule has 33 heavy (non-hydrogen) atoms. The Bertz CT molecular complexity index is 1110. The van der Waals surface area contributed by atoms with Gasteiger partial charge in [-0.15, -0.1) is 0 Å². The van der Waals surface area contributed by atoms with Crippen LogP contribution in [-0.2, 0) is 35.9 Å². The predicted molar refractivity (Wildman–Crippen MR) is 124 cm³/mol. The van der Waals surface area contributed by atoms with Gasteiger partial charge in [-0.3, -0.25) is 10.4 Å². The van der Waals surface area contributed by atoms with Crippen molar-refractivity contribution in [1.82, 2.24) is 15.1 Å². The Labute approximate surface area is 193 Å². The molecular weight excluding hydrogens is 444 g/mol. The fourth-order valence-electron chi connectivity index (χ4n) is 5.48. The molecule has 1 unspecified atom stereocenters. The van der Waals surface area contributed by atoms with Gasteiger partial charge in [0.15, 0.2) is 0 Å². The number of benzene rings is 1. The van der Waals surface area contributed by atoms with Gasteiger partial charge in [-0.2, -0.15) is 18.0 Å². The zero-order valence-corrected chi connectivity index (χ0v) is 19.6. The van der Waals surface area contributed by atoms with Crippen LogP contribution in [0.4, 0.5) is 16.2 Å². The number of carbonyl (C=O) groups excluding carboxylic acids is 1. The lowest BCUT2D eigenvalue weighted by molar-refractivity contribution is -0.604. The van der Waals surface area contributed by atoms with Gasteiger partial charge in [-0.25, -0.2) is 9.10 Å². The molecule has 0 spiro atoms. The van der Waals surface area contributed by atoms with Crippen molar-refractivity contribution >= 4 is 27.6 Å². The smallest absolute Gasteiger partial charge is 0.436 e. The first-order valence-electron chi connectivity index (χ1n) is 11.6. The molecule has 3 aliphatic rings. The third-order valence-electron chi connectivity index (χ3n) is 7.15. The molecule has 11 heteroatoms. The molecule has 1 aliphatic heterocycles. The van der Waals surface area contributed by atoms with Gasteiger partial charge < -0.3 is 10.1 Å². The number of aromatic amines is 1. The van der Waals surface area contributed by atoms with Crippen LogP contribution in [0.2, 0.25) is 0 Å². The van der Waals surface area contributed by atoms with Crippen LogP contribution in [0.15, 0.2) is 18.5 Å². The van der Waals surface area contributed by atoms with E-state index in [-0.39, 0.29) is 5.69 Å². The number of amides is 2. The number of quaternary nitrogens is 1. The van der Waals surface area contributed by atoms with E-state index >= 15 is 0 Å². The average molecular weight is 475 g/mol. The van der Waals surface area contributed by atoms with Gasteiger partial charge in [0.25, 0.3) is 0 Å². The summed E-state index contributed by atoms with van der Waals surface area (Å²) in [7, 11) is -2.61. The fraction of sp³-hybridized carbons (Fsp3) is 0.545. The second-order valence-electron chi connectivity index (χ2n) is 9.27.